The molecule has 0 bridgehead atoms. The van der Waals surface area contributed by atoms with Gasteiger partial charge in [0.05, 0.1) is 25.4 Å². The highest BCUT2D eigenvalue weighted by atomic mass is 35.5. The molecule has 0 fully saturated rings. The number of amides is 1. The fourth-order valence-corrected chi connectivity index (χ4v) is 3.58. The number of carbonyl (C=O) groups is 2. The van der Waals surface area contributed by atoms with Gasteiger partial charge >= 0.3 is 12.1 Å². The number of carbonyl (C=O) groups excluding carboxylic acids is 2. The first kappa shape index (κ1) is 29.7. The molecule has 1 amide bonds. The maximum Gasteiger partial charge on any atom is 0.407 e. The number of halogens is 1. The topological polar surface area (TPSA) is 108 Å². The number of esters is 1. The molecule has 1 rings (SSSR count). The molecule has 34 heavy (non-hydrogen) atoms. The molecule has 1 aromatic rings. The van der Waals surface area contributed by atoms with Gasteiger partial charge in [-0.15, -0.1) is 0 Å². The van der Waals surface area contributed by atoms with Gasteiger partial charge in [0, 0.05) is 11.6 Å². The Bertz CT molecular complexity index is 966. The van der Waals surface area contributed by atoms with E-state index in [0.29, 0.717) is 6.42 Å². The van der Waals surface area contributed by atoms with Crippen LogP contribution in [0, 0.1) is 5.92 Å². The predicted octanol–water partition coefficient (Wildman–Crippen LogP) is 4.43. The lowest BCUT2D eigenvalue weighted by Crippen LogP contribution is -2.42. The van der Waals surface area contributed by atoms with Crippen molar-refractivity contribution in [2.24, 2.45) is 5.92 Å². The van der Waals surface area contributed by atoms with Crippen LogP contribution in [-0.4, -0.2) is 51.6 Å². The minimum Gasteiger partial charge on any atom is -0.466 e. The molecule has 190 valence electrons. The SMILES string of the molecule is C=C(/C=C/Cl)c1ccc(C[C@H](C[C@@H](COS(C)(=O)=O)C(=O)OCC)NC(=O)OC(C)(C)C)cc1. The van der Waals surface area contributed by atoms with E-state index in [2.05, 4.69) is 11.9 Å². The van der Waals surface area contributed by atoms with Crippen molar-refractivity contribution in [1.82, 2.24) is 5.32 Å². The summed E-state index contributed by atoms with van der Waals surface area (Å²) in [6.45, 7) is 10.5. The molecule has 0 aliphatic rings. The third-order valence-electron chi connectivity index (χ3n) is 4.46. The zero-order valence-electron chi connectivity index (χ0n) is 20.3. The van der Waals surface area contributed by atoms with Crippen LogP contribution in [0.1, 0.15) is 45.2 Å². The number of alkyl carbamates (subject to hydrolysis) is 1. The molecule has 0 spiro atoms. The molecule has 10 heteroatoms. The Morgan fingerprint density at radius 3 is 2.32 bits per heavy atom. The summed E-state index contributed by atoms with van der Waals surface area (Å²) in [5, 5.41) is 2.78. The Balaban J connectivity index is 3.12. The first-order valence-corrected chi connectivity index (χ1v) is 13.0. The van der Waals surface area contributed by atoms with Crippen molar-refractivity contribution in [3.05, 3.63) is 53.6 Å². The Hall–Kier alpha value is -2.36. The van der Waals surface area contributed by atoms with Gasteiger partial charge in [0.1, 0.15) is 5.60 Å². The first-order valence-electron chi connectivity index (χ1n) is 10.8. The van der Waals surface area contributed by atoms with E-state index in [0.717, 1.165) is 23.0 Å². The number of rotatable bonds is 12. The largest absolute Gasteiger partial charge is 0.466 e. The summed E-state index contributed by atoms with van der Waals surface area (Å²) in [6, 6.07) is 6.92. The summed E-state index contributed by atoms with van der Waals surface area (Å²) in [6.07, 6.45) is 2.36. The van der Waals surface area contributed by atoms with E-state index in [-0.39, 0.29) is 13.0 Å². The highest BCUT2D eigenvalue weighted by molar-refractivity contribution is 7.85. The molecule has 0 aliphatic carbocycles. The molecule has 1 aromatic carbocycles. The first-order chi connectivity index (χ1) is 15.7. The summed E-state index contributed by atoms with van der Waals surface area (Å²) in [7, 11) is -3.77. The molecule has 0 saturated carbocycles. The Kier molecular flexibility index (Phi) is 11.8. The molecule has 8 nitrogen and oxygen atoms in total. The molecule has 0 radical (unpaired) electrons. The standard InChI is InChI=1S/C24H34ClNO7S/c1-7-31-22(27)20(16-32-34(6,29)30)15-21(26-23(28)33-24(3,4)5)14-18-8-10-19(11-9-18)17(2)12-13-25/h8-13,20-21H,2,7,14-16H2,1,3-6H3,(H,26,28)/b13-12+/t20-,21+/m0/s1. The molecule has 0 heterocycles. The Morgan fingerprint density at radius 1 is 1.21 bits per heavy atom. The van der Waals surface area contributed by atoms with Crippen LogP contribution >= 0.6 is 11.6 Å². The number of allylic oxidation sites excluding steroid dienone is 2. The normalized spacial score (nSPS) is 13.8. The average molecular weight is 516 g/mol. The maximum absolute atomic E-state index is 12.5. The number of hydrogen-bond donors (Lipinski definition) is 1. The van der Waals surface area contributed by atoms with Crippen LogP contribution in [0.4, 0.5) is 4.79 Å². The van der Waals surface area contributed by atoms with Crippen molar-refractivity contribution in [1.29, 1.82) is 0 Å². The third kappa shape index (κ3) is 12.2. The number of hydrogen-bond acceptors (Lipinski definition) is 7. The lowest BCUT2D eigenvalue weighted by atomic mass is 9.94. The van der Waals surface area contributed by atoms with Crippen LogP contribution in [0.15, 0.2) is 42.5 Å². The van der Waals surface area contributed by atoms with Gasteiger partial charge in [-0.05, 0) is 63.3 Å². The summed E-state index contributed by atoms with van der Waals surface area (Å²) >= 11 is 5.61. The Morgan fingerprint density at radius 2 is 1.82 bits per heavy atom. The molecule has 0 saturated heterocycles. The van der Waals surface area contributed by atoms with Crippen molar-refractivity contribution >= 4 is 39.4 Å². The number of benzene rings is 1. The average Bonchev–Trinajstić information content (AvgIpc) is 2.69. The van der Waals surface area contributed by atoms with E-state index in [1.54, 1.807) is 33.8 Å². The van der Waals surface area contributed by atoms with Crippen molar-refractivity contribution in [3.8, 4) is 0 Å². The van der Waals surface area contributed by atoms with E-state index in [1.165, 1.54) is 5.54 Å². The molecule has 2 atom stereocenters. The van der Waals surface area contributed by atoms with Crippen LogP contribution in [0.5, 0.6) is 0 Å². The fraction of sp³-hybridized carbons (Fsp3) is 0.500. The van der Waals surface area contributed by atoms with Gasteiger partial charge in [-0.2, -0.15) is 8.42 Å². The third-order valence-corrected chi connectivity index (χ3v) is 5.15. The van der Waals surface area contributed by atoms with Gasteiger partial charge in [0.15, 0.2) is 0 Å². The second-order valence-electron chi connectivity index (χ2n) is 8.74. The van der Waals surface area contributed by atoms with Crippen LogP contribution in [-0.2, 0) is 35.0 Å². The van der Waals surface area contributed by atoms with Crippen molar-refractivity contribution < 1.29 is 31.7 Å². The number of ether oxygens (including phenoxy) is 2. The zero-order chi connectivity index (χ0) is 25.9. The minimum atomic E-state index is -3.77. The minimum absolute atomic E-state index is 0.0804. The quantitative estimate of drug-likeness (QED) is 0.249. The highest BCUT2D eigenvalue weighted by Crippen LogP contribution is 2.19. The van der Waals surface area contributed by atoms with E-state index in [1.807, 2.05) is 24.3 Å². The van der Waals surface area contributed by atoms with Gasteiger partial charge in [-0.25, -0.2) is 4.79 Å². The summed E-state index contributed by atoms with van der Waals surface area (Å²) in [4.78, 5) is 24.9. The second-order valence-corrected chi connectivity index (χ2v) is 10.6. The summed E-state index contributed by atoms with van der Waals surface area (Å²) in [5.41, 5.74) is 3.16. The molecule has 1 N–H and O–H groups in total. The van der Waals surface area contributed by atoms with Crippen LogP contribution < -0.4 is 5.32 Å². The Labute approximate surface area is 207 Å². The van der Waals surface area contributed by atoms with E-state index >= 15 is 0 Å². The monoisotopic (exact) mass is 515 g/mol. The van der Waals surface area contributed by atoms with Crippen molar-refractivity contribution in [3.63, 3.8) is 0 Å². The van der Waals surface area contributed by atoms with E-state index in [4.69, 9.17) is 25.3 Å². The zero-order valence-corrected chi connectivity index (χ0v) is 21.9. The molecule has 0 aromatic heterocycles. The smallest absolute Gasteiger partial charge is 0.407 e. The van der Waals surface area contributed by atoms with Gasteiger partial charge < -0.3 is 14.8 Å². The lowest BCUT2D eigenvalue weighted by Gasteiger charge is -2.26. The number of nitrogens with one attached hydrogen (secondary N) is 1. The predicted molar refractivity (Wildman–Crippen MR) is 133 cm³/mol. The molecular weight excluding hydrogens is 482 g/mol. The van der Waals surface area contributed by atoms with Gasteiger partial charge in [0.2, 0.25) is 0 Å². The van der Waals surface area contributed by atoms with Gasteiger partial charge in [0.25, 0.3) is 10.1 Å². The summed E-state index contributed by atoms with van der Waals surface area (Å²) in [5.74, 6) is -1.52. The van der Waals surface area contributed by atoms with Gasteiger partial charge in [-0.3, -0.25) is 8.98 Å². The lowest BCUT2D eigenvalue weighted by molar-refractivity contribution is -0.149. The highest BCUT2D eigenvalue weighted by Gasteiger charge is 2.28. The maximum atomic E-state index is 12.5. The van der Waals surface area contributed by atoms with Crippen LogP contribution in [0.25, 0.3) is 5.57 Å². The summed E-state index contributed by atoms with van der Waals surface area (Å²) < 4.78 is 38.3. The second kappa shape index (κ2) is 13.5. The fourth-order valence-electron chi connectivity index (χ4n) is 3.02. The van der Waals surface area contributed by atoms with E-state index < -0.39 is 46.3 Å². The molecular formula is C24H34ClNO7S. The van der Waals surface area contributed by atoms with Crippen LogP contribution in [0.3, 0.4) is 0 Å². The van der Waals surface area contributed by atoms with Crippen molar-refractivity contribution in [2.75, 3.05) is 19.5 Å². The molecule has 0 aliphatic heterocycles. The van der Waals surface area contributed by atoms with Crippen molar-refractivity contribution in [2.45, 2.75) is 52.2 Å². The molecule has 0 unspecified atom stereocenters. The van der Waals surface area contributed by atoms with E-state index in [9.17, 15) is 18.0 Å². The van der Waals surface area contributed by atoms with Crippen LogP contribution in [0.2, 0.25) is 0 Å². The van der Waals surface area contributed by atoms with Gasteiger partial charge in [-0.1, -0.05) is 42.4 Å².